The van der Waals surface area contributed by atoms with Crippen molar-refractivity contribution in [3.8, 4) is 44.5 Å². The number of nitrogens with zero attached hydrogens (tertiary/aromatic N) is 9. The molecule has 0 N–H and O–H groups in total. The van der Waals surface area contributed by atoms with Gasteiger partial charge in [-0.05, 0) is 225 Å². The fourth-order valence-corrected chi connectivity index (χ4v) is 23.8. The Kier molecular flexibility index (Phi) is 13.4. The summed E-state index contributed by atoms with van der Waals surface area (Å²) in [4.78, 5) is 31.4. The molecule has 13 nitrogen and oxygen atoms in total. The van der Waals surface area contributed by atoms with Gasteiger partial charge in [-0.3, -0.25) is 13.2 Å². The van der Waals surface area contributed by atoms with E-state index in [4.69, 9.17) is 47.6 Å². The third-order valence-corrected chi connectivity index (χ3v) is 29.6. The lowest BCUT2D eigenvalue weighted by Crippen LogP contribution is -2.14. The average Bonchev–Trinajstić information content (AvgIpc) is 1.53. The van der Waals surface area contributed by atoms with E-state index in [-0.39, 0.29) is 5.41 Å². The van der Waals surface area contributed by atoms with E-state index in [1.807, 2.05) is 127 Å². The molecular weight excluding hydrogens is 1630 g/mol. The van der Waals surface area contributed by atoms with Crippen LogP contribution >= 0.6 is 11.3 Å². The highest BCUT2D eigenvalue weighted by Gasteiger charge is 2.36. The molecule has 131 heavy (non-hydrogen) atoms. The zero-order valence-electron chi connectivity index (χ0n) is 70.0. The van der Waals surface area contributed by atoms with Gasteiger partial charge < -0.3 is 17.7 Å². The Labute approximate surface area is 743 Å². The first-order valence-electron chi connectivity index (χ1n) is 44.3. The van der Waals surface area contributed by atoms with Crippen LogP contribution in [0.15, 0.2) is 363 Å². The zero-order chi connectivity index (χ0) is 85.2. The van der Waals surface area contributed by atoms with Crippen LogP contribution < -0.4 is 0 Å². The number of fused-ring (bicyclic) bond motifs is 42. The molecule has 0 saturated carbocycles. The van der Waals surface area contributed by atoms with Crippen molar-refractivity contribution in [2.75, 3.05) is 0 Å². The van der Waals surface area contributed by atoms with Crippen molar-refractivity contribution in [3.63, 3.8) is 0 Å². The summed E-state index contributed by atoms with van der Waals surface area (Å²) in [6.07, 6.45) is 0. The number of rotatable bonds is 3. The van der Waals surface area contributed by atoms with Crippen molar-refractivity contribution < 1.29 is 17.7 Å². The fourth-order valence-electron chi connectivity index (χ4n) is 22.7. The van der Waals surface area contributed by atoms with Crippen LogP contribution in [0.5, 0.6) is 0 Å². The molecular formula is C117H63N9O4S. The van der Waals surface area contributed by atoms with E-state index in [0.29, 0.717) is 0 Å². The molecule has 14 heterocycles. The van der Waals surface area contributed by atoms with Crippen LogP contribution in [0.2, 0.25) is 0 Å². The maximum atomic E-state index is 6.36. The Morgan fingerprint density at radius 2 is 0.534 bits per heavy atom. The van der Waals surface area contributed by atoms with E-state index >= 15 is 0 Å². The topological polar surface area (TPSA) is 143 Å². The third kappa shape index (κ3) is 9.40. The largest absolute Gasteiger partial charge is 0.456 e. The lowest BCUT2D eigenvalue weighted by atomic mass is 9.82. The summed E-state index contributed by atoms with van der Waals surface area (Å²) >= 11 is 1.85. The molecule has 0 amide bonds. The Morgan fingerprint density at radius 3 is 1.01 bits per heavy atom. The lowest BCUT2D eigenvalue weighted by Gasteiger charge is -2.21. The third-order valence-electron chi connectivity index (χ3n) is 28.5. The quantitative estimate of drug-likeness (QED) is 0.168. The van der Waals surface area contributed by atoms with E-state index in [0.717, 1.165) is 215 Å². The predicted octanol–water partition coefficient (Wildman–Crippen LogP) is 31.6. The normalized spacial score (nSPS) is 13.2. The molecule has 0 unspecified atom stereocenters. The second-order valence-electron chi connectivity index (χ2n) is 35.8. The summed E-state index contributed by atoms with van der Waals surface area (Å²) in [5.41, 5.74) is 37.1. The van der Waals surface area contributed by atoms with Crippen LogP contribution in [-0.2, 0) is 5.41 Å². The van der Waals surface area contributed by atoms with Crippen LogP contribution in [0.1, 0.15) is 25.0 Å². The van der Waals surface area contributed by atoms with Crippen LogP contribution in [0.3, 0.4) is 0 Å². The highest BCUT2D eigenvalue weighted by molar-refractivity contribution is 7.25. The molecule has 0 saturated heterocycles. The number of para-hydroxylation sites is 10. The second kappa shape index (κ2) is 25.1. The van der Waals surface area contributed by atoms with Crippen molar-refractivity contribution >= 4 is 267 Å². The number of thiophene rings is 1. The Balaban J connectivity index is 0.0000000928. The maximum absolute atomic E-state index is 6.36. The minimum Gasteiger partial charge on any atom is -0.456 e. The molecule has 0 spiro atoms. The summed E-state index contributed by atoms with van der Waals surface area (Å²) in [5.74, 6) is 0. The number of hydrogen-bond donors (Lipinski definition) is 0. The Bertz CT molecular complexity index is 10300. The smallest absolute Gasteiger partial charge is 0.165 e. The SMILES string of the molecule is CC1(C)c2ccccc2-c2cc(-c3cc4c5ccc6oc7ccccc7c6c5n5c6nc7ccccc7nc6c(c3)c45)ccc21.c1ccc2nc3c(nc2c1)c1cc(-c2ccc4oc5ccccc5c4c2)cc2c4ccc5oc6ccccc6c5c4n3c21.c1ccc2nc3c(nc2c1)c1cc(-c2ccc4sc5ccccc5c4c2)cc2c4ccc5oc6ccccc6c5c4n3c21. The summed E-state index contributed by atoms with van der Waals surface area (Å²) in [5, 5.41) is 22.0. The summed E-state index contributed by atoms with van der Waals surface area (Å²) in [6, 6.07) is 122. The summed E-state index contributed by atoms with van der Waals surface area (Å²) in [7, 11) is 0. The van der Waals surface area contributed by atoms with Gasteiger partial charge in [-0.15, -0.1) is 11.3 Å². The molecule has 0 bridgehead atoms. The van der Waals surface area contributed by atoms with E-state index in [1.165, 1.54) is 97.0 Å². The van der Waals surface area contributed by atoms with Gasteiger partial charge in [0, 0.05) is 101 Å². The van der Waals surface area contributed by atoms with Gasteiger partial charge in [-0.25, -0.2) is 29.9 Å². The minimum atomic E-state index is -0.0236. The fraction of sp³-hybridized carbons (Fsp3) is 0.0256. The molecule has 14 heteroatoms. The lowest BCUT2D eigenvalue weighted by molar-refractivity contribution is 0.660. The average molecular weight is 1690 g/mol. The van der Waals surface area contributed by atoms with E-state index in [1.54, 1.807) is 0 Å². The van der Waals surface area contributed by atoms with Gasteiger partial charge in [-0.1, -0.05) is 190 Å². The molecule has 0 radical (unpaired) electrons. The van der Waals surface area contributed by atoms with Gasteiger partial charge >= 0.3 is 0 Å². The van der Waals surface area contributed by atoms with Crippen molar-refractivity contribution in [2.24, 2.45) is 0 Å². The van der Waals surface area contributed by atoms with Gasteiger partial charge in [0.1, 0.15) is 61.2 Å². The van der Waals surface area contributed by atoms with E-state index in [2.05, 4.69) is 258 Å². The van der Waals surface area contributed by atoms with Gasteiger partial charge in [0.05, 0.1) is 82.4 Å². The van der Waals surface area contributed by atoms with Crippen molar-refractivity contribution in [1.82, 2.24) is 43.1 Å². The van der Waals surface area contributed by atoms with E-state index < -0.39 is 0 Å². The first-order valence-corrected chi connectivity index (χ1v) is 45.2. The molecule has 0 atom stereocenters. The van der Waals surface area contributed by atoms with Crippen LogP contribution in [0.25, 0.3) is 301 Å². The van der Waals surface area contributed by atoms with Gasteiger partial charge in [0.25, 0.3) is 0 Å². The second-order valence-corrected chi connectivity index (χ2v) is 36.9. The van der Waals surface area contributed by atoms with Crippen molar-refractivity contribution in [2.45, 2.75) is 19.3 Å². The minimum absolute atomic E-state index is 0.0236. The van der Waals surface area contributed by atoms with Crippen LogP contribution in [0, 0.1) is 0 Å². The van der Waals surface area contributed by atoms with Crippen LogP contribution in [0.4, 0.5) is 0 Å². The van der Waals surface area contributed by atoms with Crippen molar-refractivity contribution in [3.05, 3.63) is 357 Å². The Hall–Kier alpha value is -17.2. The highest BCUT2D eigenvalue weighted by Crippen LogP contribution is 2.54. The molecule has 0 aliphatic heterocycles. The molecule has 33 rings (SSSR count). The molecule has 1 aliphatic rings. The molecule has 18 aromatic carbocycles. The number of furan rings is 4. The Morgan fingerprint density at radius 1 is 0.214 bits per heavy atom. The predicted molar refractivity (Wildman–Crippen MR) is 538 cm³/mol. The monoisotopic (exact) mass is 1690 g/mol. The summed E-state index contributed by atoms with van der Waals surface area (Å²) < 4.78 is 34.8. The highest BCUT2D eigenvalue weighted by atomic mass is 32.1. The van der Waals surface area contributed by atoms with Gasteiger partial charge in [0.15, 0.2) is 16.9 Å². The molecule has 1 aliphatic carbocycles. The standard InChI is InChI=1S/C41H25N3O.C38H19N3O2.C38H19N3OS/c1-41(2)30-11-5-3-9-24(30)27-19-22(15-17-31(27)41)23-20-28-25-16-18-35-36(26-10-4-8-14-34(26)45-35)39(25)44-38(28)29(21-23)37-40(44)43-33-13-7-6-12-32(33)42-37;1-5-11-30-22(7-1)25-17-20(13-15-32(25)42-30)21-18-26-23-14-16-33-34(24-8-2-6-12-31(24)43-33)37(23)41-36(26)27(19-21)35-38(41)40-29-10-4-3-9-28(29)39-35;1-5-11-30-24(8-1)34-31(42-30)15-14-23-26-18-21(20-13-16-33-25(17-20)22-7-2-6-12-32(22)43-33)19-27-35-38(41(36(26)27)37(23)34)40-29-10-4-3-9-28(29)39-35/h3-21H,1-2H3;2*1-19H. The van der Waals surface area contributed by atoms with Gasteiger partial charge in [0.2, 0.25) is 0 Å². The molecule has 32 aromatic rings. The van der Waals surface area contributed by atoms with E-state index in [9.17, 15) is 0 Å². The van der Waals surface area contributed by atoms with Crippen molar-refractivity contribution in [1.29, 1.82) is 0 Å². The summed E-state index contributed by atoms with van der Waals surface area (Å²) in [6.45, 7) is 4.66. The molecule has 606 valence electrons. The molecule has 0 fully saturated rings. The van der Waals surface area contributed by atoms with Gasteiger partial charge in [-0.2, -0.15) is 0 Å². The first-order chi connectivity index (χ1) is 64.7. The maximum Gasteiger partial charge on any atom is 0.165 e. The molecule has 14 aromatic heterocycles. The first kappa shape index (κ1) is 70.0. The number of aromatic nitrogens is 9. The number of benzene rings is 18. The number of hydrogen-bond acceptors (Lipinski definition) is 11. The zero-order valence-corrected chi connectivity index (χ0v) is 70.8. The van der Waals surface area contributed by atoms with Crippen LogP contribution in [-0.4, -0.2) is 43.1 Å².